The normalized spacial score (nSPS) is 14.9. The van der Waals surface area contributed by atoms with Gasteiger partial charge in [-0.15, -0.1) is 0 Å². The molecule has 2 N–H and O–H groups in total. The number of hydrogen-bond acceptors (Lipinski definition) is 7. The number of nitrogens with zero attached hydrogens (tertiary/aromatic N) is 5. The van der Waals surface area contributed by atoms with E-state index in [1.165, 1.54) is 6.33 Å². The van der Waals surface area contributed by atoms with E-state index in [-0.39, 0.29) is 6.10 Å². The van der Waals surface area contributed by atoms with Gasteiger partial charge in [-0.1, -0.05) is 6.07 Å². The number of hydrogen-bond donors (Lipinski definition) is 1. The Morgan fingerprint density at radius 2 is 1.91 bits per heavy atom. The zero-order valence-electron chi connectivity index (χ0n) is 19.4. The highest BCUT2D eigenvalue weighted by Crippen LogP contribution is 2.41. The maximum absolute atomic E-state index is 6.26. The van der Waals surface area contributed by atoms with Gasteiger partial charge in [0.25, 0.3) is 0 Å². The van der Waals surface area contributed by atoms with Crippen molar-refractivity contribution < 1.29 is 14.2 Å². The molecule has 0 aliphatic carbocycles. The Morgan fingerprint density at radius 3 is 2.71 bits per heavy atom. The first-order valence-corrected chi connectivity index (χ1v) is 11.3. The number of aromatic nitrogens is 5. The molecule has 176 valence electrons. The molecule has 1 aliphatic heterocycles. The zero-order chi connectivity index (χ0) is 23.9. The molecule has 3 aromatic heterocycles. The molecule has 1 unspecified atom stereocenters. The predicted octanol–water partition coefficient (Wildman–Crippen LogP) is 4.70. The molecule has 0 radical (unpaired) electrons. The van der Waals surface area contributed by atoms with Gasteiger partial charge in [0.05, 0.1) is 36.6 Å². The van der Waals surface area contributed by atoms with E-state index in [0.29, 0.717) is 30.5 Å². The number of nitrogens with two attached hydrogens (primary N) is 1. The quantitative estimate of drug-likeness (QED) is 0.385. The average molecular weight is 469 g/mol. The highest BCUT2D eigenvalue weighted by Gasteiger charge is 2.30. The first-order chi connectivity index (χ1) is 17.1. The SMILES string of the molecule is CC1OCc2c1c1ncnc(N)c1n2-c1ccc(Oc2cccc(OCc3cncn3C)c2)cc1. The lowest BCUT2D eigenvalue weighted by atomic mass is 10.1. The molecule has 0 saturated carbocycles. The van der Waals surface area contributed by atoms with Gasteiger partial charge in [-0.05, 0) is 43.3 Å². The second-order valence-electron chi connectivity index (χ2n) is 8.46. The van der Waals surface area contributed by atoms with Crippen LogP contribution in [0.4, 0.5) is 5.82 Å². The maximum atomic E-state index is 6.26. The van der Waals surface area contributed by atoms with Gasteiger partial charge in [0.15, 0.2) is 5.82 Å². The van der Waals surface area contributed by atoms with Crippen LogP contribution in [0.15, 0.2) is 67.4 Å². The molecule has 9 nitrogen and oxygen atoms in total. The Kier molecular flexibility index (Phi) is 5.11. The molecule has 0 amide bonds. The highest BCUT2D eigenvalue weighted by atomic mass is 16.5. The summed E-state index contributed by atoms with van der Waals surface area (Å²) >= 11 is 0. The van der Waals surface area contributed by atoms with E-state index in [1.807, 2.05) is 67.1 Å². The van der Waals surface area contributed by atoms with E-state index in [4.69, 9.17) is 19.9 Å². The van der Waals surface area contributed by atoms with Crippen LogP contribution in [0.25, 0.3) is 16.7 Å². The van der Waals surface area contributed by atoms with Crippen molar-refractivity contribution in [3.8, 4) is 22.9 Å². The van der Waals surface area contributed by atoms with E-state index in [1.54, 1.807) is 12.5 Å². The highest BCUT2D eigenvalue weighted by molar-refractivity contribution is 5.91. The number of imidazole rings is 1. The van der Waals surface area contributed by atoms with Gasteiger partial charge in [0.1, 0.15) is 41.2 Å². The fourth-order valence-electron chi connectivity index (χ4n) is 4.45. The molecule has 1 atom stereocenters. The topological polar surface area (TPSA) is 102 Å². The fourth-order valence-corrected chi connectivity index (χ4v) is 4.45. The molecule has 6 rings (SSSR count). The third-order valence-corrected chi connectivity index (χ3v) is 6.23. The predicted molar refractivity (Wildman–Crippen MR) is 131 cm³/mol. The Morgan fingerprint density at radius 1 is 1.09 bits per heavy atom. The molecule has 35 heavy (non-hydrogen) atoms. The molecule has 9 heteroatoms. The molecular weight excluding hydrogens is 444 g/mol. The largest absolute Gasteiger partial charge is 0.487 e. The summed E-state index contributed by atoms with van der Waals surface area (Å²) in [6, 6.07) is 15.4. The van der Waals surface area contributed by atoms with Crippen LogP contribution >= 0.6 is 0 Å². The molecule has 0 bridgehead atoms. The second kappa shape index (κ2) is 8.44. The van der Waals surface area contributed by atoms with E-state index >= 15 is 0 Å². The first-order valence-electron chi connectivity index (χ1n) is 11.3. The van der Waals surface area contributed by atoms with Crippen LogP contribution in [0.3, 0.4) is 0 Å². The lowest BCUT2D eigenvalue weighted by molar-refractivity contribution is 0.0783. The summed E-state index contributed by atoms with van der Waals surface area (Å²) in [5, 5.41) is 0. The number of ether oxygens (including phenoxy) is 3. The van der Waals surface area contributed by atoms with Crippen molar-refractivity contribution in [1.29, 1.82) is 0 Å². The third-order valence-electron chi connectivity index (χ3n) is 6.23. The van der Waals surface area contributed by atoms with Gasteiger partial charge in [-0.3, -0.25) is 0 Å². The standard InChI is InChI=1S/C26H24N6O3/c1-16-23-22(13-33-16)32(25-24(23)29-14-30-26(25)27)17-6-8-19(9-7-17)35-21-5-3-4-20(10-21)34-12-18-11-28-15-31(18)2/h3-11,14-16H,12-13H2,1-2H3,(H2,27,29,30). The van der Waals surface area contributed by atoms with Crippen molar-refractivity contribution in [3.05, 3.63) is 84.3 Å². The van der Waals surface area contributed by atoms with Crippen molar-refractivity contribution in [3.63, 3.8) is 0 Å². The molecule has 4 heterocycles. The van der Waals surface area contributed by atoms with Crippen LogP contribution in [0.5, 0.6) is 17.2 Å². The van der Waals surface area contributed by atoms with E-state index in [9.17, 15) is 0 Å². The monoisotopic (exact) mass is 468 g/mol. The molecule has 2 aromatic carbocycles. The summed E-state index contributed by atoms with van der Waals surface area (Å²) in [6.07, 6.45) is 5.00. The Hall–Kier alpha value is -4.37. The lowest BCUT2D eigenvalue weighted by Gasteiger charge is -2.12. The van der Waals surface area contributed by atoms with Gasteiger partial charge >= 0.3 is 0 Å². The van der Waals surface area contributed by atoms with Crippen LogP contribution in [-0.4, -0.2) is 24.1 Å². The zero-order valence-corrected chi connectivity index (χ0v) is 19.4. The second-order valence-corrected chi connectivity index (χ2v) is 8.46. The number of anilines is 1. The molecule has 1 aliphatic rings. The van der Waals surface area contributed by atoms with Crippen LogP contribution < -0.4 is 15.2 Å². The Bertz CT molecular complexity index is 1520. The van der Waals surface area contributed by atoms with Gasteiger partial charge < -0.3 is 29.1 Å². The summed E-state index contributed by atoms with van der Waals surface area (Å²) in [6.45, 7) is 2.95. The number of nitrogen functional groups attached to an aromatic ring is 1. The van der Waals surface area contributed by atoms with Crippen LogP contribution in [0.1, 0.15) is 30.0 Å². The van der Waals surface area contributed by atoms with Gasteiger partial charge in [-0.25, -0.2) is 15.0 Å². The Balaban J connectivity index is 1.25. The smallest absolute Gasteiger partial charge is 0.151 e. The van der Waals surface area contributed by atoms with Crippen LogP contribution in [0.2, 0.25) is 0 Å². The van der Waals surface area contributed by atoms with Crippen LogP contribution in [0, 0.1) is 0 Å². The van der Waals surface area contributed by atoms with E-state index < -0.39 is 0 Å². The first kappa shape index (κ1) is 21.2. The minimum Gasteiger partial charge on any atom is -0.487 e. The van der Waals surface area contributed by atoms with Crippen molar-refractivity contribution in [1.82, 2.24) is 24.1 Å². The van der Waals surface area contributed by atoms with Gasteiger partial charge in [0, 0.05) is 24.4 Å². The fraction of sp³-hybridized carbons (Fsp3) is 0.192. The molecule has 5 aromatic rings. The summed E-state index contributed by atoms with van der Waals surface area (Å²) < 4.78 is 21.9. The summed E-state index contributed by atoms with van der Waals surface area (Å²) in [5.41, 5.74) is 11.9. The van der Waals surface area contributed by atoms with Gasteiger partial charge in [0.2, 0.25) is 0 Å². The number of rotatable bonds is 6. The van der Waals surface area contributed by atoms with Crippen molar-refractivity contribution in [2.75, 3.05) is 5.73 Å². The third kappa shape index (κ3) is 3.75. The average Bonchev–Trinajstić information content (AvgIpc) is 3.54. The molecule has 0 saturated heterocycles. The summed E-state index contributed by atoms with van der Waals surface area (Å²) in [7, 11) is 1.94. The molecular formula is C26H24N6O3. The van der Waals surface area contributed by atoms with Crippen molar-refractivity contribution >= 4 is 16.9 Å². The molecule has 0 spiro atoms. The minimum absolute atomic E-state index is 0.0435. The summed E-state index contributed by atoms with van der Waals surface area (Å²) in [5.74, 6) is 2.56. The minimum atomic E-state index is -0.0435. The van der Waals surface area contributed by atoms with Crippen LogP contribution in [-0.2, 0) is 25.0 Å². The summed E-state index contributed by atoms with van der Waals surface area (Å²) in [4.78, 5) is 12.8. The maximum Gasteiger partial charge on any atom is 0.151 e. The molecule has 0 fully saturated rings. The Labute approximate surface area is 201 Å². The lowest BCUT2D eigenvalue weighted by Crippen LogP contribution is -2.03. The number of benzene rings is 2. The number of aryl methyl sites for hydroxylation is 1. The number of fused-ring (bicyclic) bond motifs is 3. The van der Waals surface area contributed by atoms with Crippen molar-refractivity contribution in [2.45, 2.75) is 26.2 Å². The van der Waals surface area contributed by atoms with E-state index in [2.05, 4.69) is 19.5 Å². The van der Waals surface area contributed by atoms with E-state index in [0.717, 1.165) is 39.4 Å². The van der Waals surface area contributed by atoms with Crippen molar-refractivity contribution in [2.24, 2.45) is 7.05 Å². The van der Waals surface area contributed by atoms with Gasteiger partial charge in [-0.2, -0.15) is 0 Å².